The molecule has 2 aromatic rings. The molecule has 0 spiro atoms. The standard InChI is InChI=1S/C24H36N4O4/c1-18-5-6-20-21(17-18)27(12-11-25-13-15-31-16-14-25)22(29)28(20)19-7-9-26(10-8-19)23(30)32-24(2,3)4/h5-6,17,19H,7-16H2,1-4H3. The third-order valence-corrected chi connectivity index (χ3v) is 6.34. The summed E-state index contributed by atoms with van der Waals surface area (Å²) in [6.45, 7) is 13.7. The van der Waals surface area contributed by atoms with E-state index in [-0.39, 0.29) is 17.8 Å². The molecular weight excluding hydrogens is 408 g/mol. The fourth-order valence-electron chi connectivity index (χ4n) is 4.66. The maximum Gasteiger partial charge on any atom is 0.410 e. The Morgan fingerprint density at radius 2 is 1.75 bits per heavy atom. The number of morpholine rings is 1. The van der Waals surface area contributed by atoms with Gasteiger partial charge >= 0.3 is 11.8 Å². The van der Waals surface area contributed by atoms with Crippen molar-refractivity contribution in [3.63, 3.8) is 0 Å². The fraction of sp³-hybridized carbons (Fsp3) is 0.667. The Labute approximate surface area is 189 Å². The van der Waals surface area contributed by atoms with E-state index < -0.39 is 5.60 Å². The van der Waals surface area contributed by atoms with Gasteiger partial charge in [-0.05, 0) is 58.2 Å². The van der Waals surface area contributed by atoms with Gasteiger partial charge in [-0.2, -0.15) is 0 Å². The molecule has 2 fully saturated rings. The average molecular weight is 445 g/mol. The number of hydrogen-bond acceptors (Lipinski definition) is 5. The molecule has 0 aliphatic carbocycles. The minimum atomic E-state index is -0.503. The maximum absolute atomic E-state index is 13.6. The molecule has 3 heterocycles. The second kappa shape index (κ2) is 9.27. The van der Waals surface area contributed by atoms with E-state index in [1.54, 1.807) is 4.90 Å². The molecule has 4 rings (SSSR count). The molecule has 1 aromatic heterocycles. The van der Waals surface area contributed by atoms with Crippen molar-refractivity contribution < 1.29 is 14.3 Å². The SMILES string of the molecule is Cc1ccc2c(c1)n(CCN1CCOCC1)c(=O)n2C1CCN(C(=O)OC(C)(C)C)CC1. The van der Waals surface area contributed by atoms with Crippen molar-refractivity contribution in [3.8, 4) is 0 Å². The van der Waals surface area contributed by atoms with Gasteiger partial charge in [-0.3, -0.25) is 14.0 Å². The molecule has 1 amide bonds. The number of piperidine rings is 1. The second-order valence-electron chi connectivity index (χ2n) is 9.95. The largest absolute Gasteiger partial charge is 0.444 e. The molecule has 0 bridgehead atoms. The summed E-state index contributed by atoms with van der Waals surface area (Å²) >= 11 is 0. The third kappa shape index (κ3) is 5.02. The van der Waals surface area contributed by atoms with Crippen LogP contribution in [0.5, 0.6) is 0 Å². The van der Waals surface area contributed by atoms with Crippen LogP contribution in [0.25, 0.3) is 11.0 Å². The summed E-state index contributed by atoms with van der Waals surface area (Å²) in [5.74, 6) is 0. The van der Waals surface area contributed by atoms with Crippen LogP contribution < -0.4 is 5.69 Å². The van der Waals surface area contributed by atoms with Gasteiger partial charge in [-0.1, -0.05) is 6.07 Å². The lowest BCUT2D eigenvalue weighted by Gasteiger charge is -2.33. The molecule has 0 unspecified atom stereocenters. The summed E-state index contributed by atoms with van der Waals surface area (Å²) in [5.41, 5.74) is 2.68. The number of ether oxygens (including phenoxy) is 2. The number of aromatic nitrogens is 2. The fourth-order valence-corrected chi connectivity index (χ4v) is 4.66. The van der Waals surface area contributed by atoms with Crippen molar-refractivity contribution in [2.45, 2.75) is 58.7 Å². The van der Waals surface area contributed by atoms with Gasteiger partial charge in [-0.25, -0.2) is 9.59 Å². The van der Waals surface area contributed by atoms with Crippen LogP contribution in [0.4, 0.5) is 4.79 Å². The number of imidazole rings is 1. The van der Waals surface area contributed by atoms with Crippen molar-refractivity contribution in [3.05, 3.63) is 34.2 Å². The number of nitrogens with zero attached hydrogens (tertiary/aromatic N) is 4. The van der Waals surface area contributed by atoms with E-state index in [1.165, 1.54) is 0 Å². The average Bonchev–Trinajstić information content (AvgIpc) is 3.02. The Balaban J connectivity index is 1.53. The monoisotopic (exact) mass is 444 g/mol. The van der Waals surface area contributed by atoms with Gasteiger partial charge in [0.15, 0.2) is 0 Å². The summed E-state index contributed by atoms with van der Waals surface area (Å²) in [5, 5.41) is 0. The first-order valence-electron chi connectivity index (χ1n) is 11.7. The number of carbonyl (C=O) groups is 1. The molecule has 176 valence electrons. The molecule has 0 radical (unpaired) electrons. The number of benzene rings is 1. The molecular formula is C24H36N4O4. The second-order valence-corrected chi connectivity index (χ2v) is 9.95. The molecule has 2 aliphatic heterocycles. The van der Waals surface area contributed by atoms with Crippen molar-refractivity contribution in [1.29, 1.82) is 0 Å². The molecule has 0 atom stereocenters. The van der Waals surface area contributed by atoms with Crippen LogP contribution in [0.1, 0.15) is 45.2 Å². The highest BCUT2D eigenvalue weighted by Gasteiger charge is 2.29. The topological polar surface area (TPSA) is 68.9 Å². The van der Waals surface area contributed by atoms with Crippen molar-refractivity contribution >= 4 is 17.1 Å². The van der Waals surface area contributed by atoms with E-state index in [0.29, 0.717) is 19.6 Å². The minimum absolute atomic E-state index is 0.0505. The summed E-state index contributed by atoms with van der Waals surface area (Å²) < 4.78 is 14.9. The minimum Gasteiger partial charge on any atom is -0.444 e. The van der Waals surface area contributed by atoms with Gasteiger partial charge in [-0.15, -0.1) is 0 Å². The van der Waals surface area contributed by atoms with Crippen molar-refractivity contribution in [1.82, 2.24) is 18.9 Å². The van der Waals surface area contributed by atoms with Crippen LogP contribution in [0.2, 0.25) is 0 Å². The number of carbonyl (C=O) groups excluding carboxylic acids is 1. The molecule has 2 aliphatic rings. The first kappa shape index (κ1) is 22.9. The lowest BCUT2D eigenvalue weighted by molar-refractivity contribution is 0.0188. The third-order valence-electron chi connectivity index (χ3n) is 6.34. The maximum atomic E-state index is 13.6. The Morgan fingerprint density at radius 3 is 2.41 bits per heavy atom. The first-order valence-corrected chi connectivity index (χ1v) is 11.7. The van der Waals surface area contributed by atoms with E-state index in [4.69, 9.17) is 9.47 Å². The zero-order valence-electron chi connectivity index (χ0n) is 19.8. The summed E-state index contributed by atoms with van der Waals surface area (Å²) in [4.78, 5) is 30.1. The lowest BCUT2D eigenvalue weighted by Crippen LogP contribution is -2.43. The van der Waals surface area contributed by atoms with Crippen LogP contribution >= 0.6 is 0 Å². The number of likely N-dealkylation sites (tertiary alicyclic amines) is 1. The predicted molar refractivity (Wildman–Crippen MR) is 124 cm³/mol. The van der Waals surface area contributed by atoms with E-state index in [0.717, 1.165) is 62.3 Å². The van der Waals surface area contributed by atoms with Gasteiger partial charge < -0.3 is 14.4 Å². The van der Waals surface area contributed by atoms with Crippen molar-refractivity contribution in [2.75, 3.05) is 45.9 Å². The molecule has 2 saturated heterocycles. The van der Waals surface area contributed by atoms with Gasteiger partial charge in [0, 0.05) is 45.3 Å². The summed E-state index contributed by atoms with van der Waals surface area (Å²) in [6.07, 6.45) is 1.22. The van der Waals surface area contributed by atoms with Crippen LogP contribution in [0.15, 0.2) is 23.0 Å². The van der Waals surface area contributed by atoms with Crippen molar-refractivity contribution in [2.24, 2.45) is 0 Å². The highest BCUT2D eigenvalue weighted by atomic mass is 16.6. The van der Waals surface area contributed by atoms with Gasteiger partial charge in [0.2, 0.25) is 0 Å². The highest BCUT2D eigenvalue weighted by Crippen LogP contribution is 2.27. The van der Waals surface area contributed by atoms with Crippen LogP contribution in [-0.2, 0) is 16.0 Å². The normalized spacial score (nSPS) is 18.9. The first-order chi connectivity index (χ1) is 15.2. The molecule has 0 N–H and O–H groups in total. The quantitative estimate of drug-likeness (QED) is 0.725. The number of aryl methyl sites for hydroxylation is 1. The van der Waals surface area contributed by atoms with Gasteiger partial charge in [0.1, 0.15) is 5.60 Å². The van der Waals surface area contributed by atoms with E-state index in [1.807, 2.05) is 29.9 Å². The smallest absolute Gasteiger partial charge is 0.410 e. The number of rotatable bonds is 4. The van der Waals surface area contributed by atoms with Crippen LogP contribution in [-0.4, -0.2) is 76.6 Å². The Bertz CT molecular complexity index is 1010. The van der Waals surface area contributed by atoms with Crippen LogP contribution in [0, 0.1) is 6.92 Å². The highest BCUT2D eigenvalue weighted by molar-refractivity contribution is 5.77. The number of amides is 1. The zero-order chi connectivity index (χ0) is 22.9. The number of fused-ring (bicyclic) bond motifs is 1. The summed E-state index contributed by atoms with van der Waals surface area (Å²) in [6, 6.07) is 6.33. The van der Waals surface area contributed by atoms with E-state index in [9.17, 15) is 9.59 Å². The molecule has 8 heteroatoms. The Kier molecular flexibility index (Phi) is 6.62. The van der Waals surface area contributed by atoms with E-state index in [2.05, 4.69) is 30.0 Å². The number of hydrogen-bond donors (Lipinski definition) is 0. The van der Waals surface area contributed by atoms with Gasteiger partial charge in [0.25, 0.3) is 0 Å². The van der Waals surface area contributed by atoms with Gasteiger partial charge in [0.05, 0.1) is 24.2 Å². The molecule has 8 nitrogen and oxygen atoms in total. The molecule has 1 aromatic carbocycles. The Morgan fingerprint density at radius 1 is 1.06 bits per heavy atom. The lowest BCUT2D eigenvalue weighted by atomic mass is 10.0. The van der Waals surface area contributed by atoms with Crippen LogP contribution in [0.3, 0.4) is 0 Å². The molecule has 32 heavy (non-hydrogen) atoms. The summed E-state index contributed by atoms with van der Waals surface area (Å²) in [7, 11) is 0. The predicted octanol–water partition coefficient (Wildman–Crippen LogP) is 3.02. The Hall–Kier alpha value is -2.32. The van der Waals surface area contributed by atoms with E-state index >= 15 is 0 Å². The molecule has 0 saturated carbocycles. The zero-order valence-corrected chi connectivity index (χ0v) is 19.8.